The minimum absolute atomic E-state index is 0.218. The molecule has 0 bridgehead atoms. The second-order valence-electron chi connectivity index (χ2n) is 3.67. The summed E-state index contributed by atoms with van der Waals surface area (Å²) in [6.07, 6.45) is -2.00. The second kappa shape index (κ2) is 4.65. The minimum Gasteiger partial charge on any atom is -0.298 e. The van der Waals surface area contributed by atoms with Crippen LogP contribution in [0.4, 0.5) is 8.78 Å². The first-order chi connectivity index (χ1) is 6.93. The van der Waals surface area contributed by atoms with Gasteiger partial charge in [-0.1, -0.05) is 0 Å². The first-order valence-corrected chi connectivity index (χ1v) is 4.78. The molecule has 1 heterocycles. The van der Waals surface area contributed by atoms with Crippen LogP contribution in [-0.4, -0.2) is 42.3 Å². The lowest BCUT2D eigenvalue weighted by molar-refractivity contribution is -0.148. The van der Waals surface area contributed by atoms with Crippen LogP contribution in [0.1, 0.15) is 19.8 Å². The van der Waals surface area contributed by atoms with Gasteiger partial charge in [0.05, 0.1) is 12.1 Å². The first-order valence-electron chi connectivity index (χ1n) is 4.78. The summed E-state index contributed by atoms with van der Waals surface area (Å²) in [6.45, 7) is 1.31. The minimum atomic E-state index is -2.51. The van der Waals surface area contributed by atoms with E-state index in [0.29, 0.717) is 6.42 Å². The predicted molar refractivity (Wildman–Crippen MR) is 49.4 cm³/mol. The predicted octanol–water partition coefficient (Wildman–Crippen LogP) is 0.377. The van der Waals surface area contributed by atoms with Crippen molar-refractivity contribution in [2.24, 2.45) is 0 Å². The van der Waals surface area contributed by atoms with Crippen molar-refractivity contribution in [3.8, 4) is 0 Å². The van der Waals surface area contributed by atoms with Gasteiger partial charge in [-0.3, -0.25) is 19.8 Å². The quantitative estimate of drug-likeness (QED) is 0.699. The van der Waals surface area contributed by atoms with E-state index in [1.807, 2.05) is 0 Å². The Balaban J connectivity index is 2.57. The van der Waals surface area contributed by atoms with Crippen molar-refractivity contribution >= 4 is 11.8 Å². The van der Waals surface area contributed by atoms with Crippen molar-refractivity contribution in [3.63, 3.8) is 0 Å². The average Bonchev–Trinajstić information content (AvgIpc) is 2.18. The van der Waals surface area contributed by atoms with E-state index in [2.05, 4.69) is 5.32 Å². The zero-order valence-electron chi connectivity index (χ0n) is 8.67. The van der Waals surface area contributed by atoms with Crippen LogP contribution in [0.2, 0.25) is 0 Å². The number of amides is 2. The number of carbonyl (C=O) groups excluding carboxylic acids is 2. The summed E-state index contributed by atoms with van der Waals surface area (Å²) < 4.78 is 24.5. The molecule has 1 aliphatic rings. The first kappa shape index (κ1) is 12.0. The Bertz CT molecular complexity index is 271. The molecule has 2 unspecified atom stereocenters. The smallest absolute Gasteiger partial charge is 0.253 e. The zero-order valence-corrected chi connectivity index (χ0v) is 8.67. The summed E-state index contributed by atoms with van der Waals surface area (Å²) in [7, 11) is 1.37. The monoisotopic (exact) mass is 220 g/mol. The molecule has 0 saturated carbocycles. The molecule has 0 aromatic rings. The number of rotatable bonds is 3. The van der Waals surface area contributed by atoms with Crippen LogP contribution in [0, 0.1) is 0 Å². The van der Waals surface area contributed by atoms with E-state index >= 15 is 0 Å². The van der Waals surface area contributed by atoms with Crippen molar-refractivity contribution in [2.45, 2.75) is 38.3 Å². The Labute approximate surface area is 86.6 Å². The van der Waals surface area contributed by atoms with Crippen LogP contribution < -0.4 is 5.32 Å². The van der Waals surface area contributed by atoms with E-state index in [9.17, 15) is 18.4 Å². The molecule has 1 aliphatic heterocycles. The number of nitrogens with zero attached hydrogens (tertiary/aromatic N) is 1. The summed E-state index contributed by atoms with van der Waals surface area (Å²) in [5.41, 5.74) is 0. The van der Waals surface area contributed by atoms with E-state index < -0.39 is 24.4 Å². The van der Waals surface area contributed by atoms with Gasteiger partial charge in [-0.15, -0.1) is 0 Å². The fraction of sp³-hybridized carbons (Fsp3) is 0.778. The third kappa shape index (κ3) is 2.71. The largest absolute Gasteiger partial charge is 0.298 e. The normalized spacial score (nSPS) is 24.9. The number of carbonyl (C=O) groups is 2. The van der Waals surface area contributed by atoms with Crippen LogP contribution in [0.25, 0.3) is 0 Å². The second-order valence-corrected chi connectivity index (χ2v) is 3.67. The third-order valence-corrected chi connectivity index (χ3v) is 2.49. The van der Waals surface area contributed by atoms with Gasteiger partial charge in [0.25, 0.3) is 6.43 Å². The molecule has 0 spiro atoms. The number of nitrogens with one attached hydrogen (secondary N) is 1. The number of hydrogen-bond donors (Lipinski definition) is 1. The highest BCUT2D eigenvalue weighted by Crippen LogP contribution is 2.13. The van der Waals surface area contributed by atoms with Gasteiger partial charge in [-0.05, 0) is 13.3 Å². The number of likely N-dealkylation sites (N-methyl/N-ethyl adjacent to an activating group) is 1. The molecular formula is C9H14F2N2O2. The van der Waals surface area contributed by atoms with Crippen molar-refractivity contribution in [1.29, 1.82) is 0 Å². The maximum absolute atomic E-state index is 12.2. The summed E-state index contributed by atoms with van der Waals surface area (Å²) in [6, 6.07) is -1.71. The summed E-state index contributed by atoms with van der Waals surface area (Å²) in [5, 5.41) is 2.53. The van der Waals surface area contributed by atoms with Gasteiger partial charge in [0.1, 0.15) is 0 Å². The lowest BCUT2D eigenvalue weighted by Crippen LogP contribution is -2.54. The highest BCUT2D eigenvalue weighted by molar-refractivity contribution is 6.00. The number of halogens is 2. The molecule has 1 saturated heterocycles. The van der Waals surface area contributed by atoms with Gasteiger partial charge in [0.2, 0.25) is 11.8 Å². The molecule has 2 atom stereocenters. The highest BCUT2D eigenvalue weighted by atomic mass is 19.3. The fourth-order valence-corrected chi connectivity index (χ4v) is 1.46. The Morgan fingerprint density at radius 3 is 2.60 bits per heavy atom. The zero-order chi connectivity index (χ0) is 11.6. The molecule has 1 N–H and O–H groups in total. The Morgan fingerprint density at radius 1 is 1.47 bits per heavy atom. The fourth-order valence-electron chi connectivity index (χ4n) is 1.46. The van der Waals surface area contributed by atoms with E-state index in [4.69, 9.17) is 0 Å². The molecule has 1 rings (SSSR count). The van der Waals surface area contributed by atoms with Gasteiger partial charge in [0, 0.05) is 13.5 Å². The standard InChI is InChI=1S/C9H14F2N2O2/c1-5(8(10)11)12-6-3-4-7(14)13(2)9(6)15/h5-6,8,12H,3-4H2,1-2H3. The maximum Gasteiger partial charge on any atom is 0.253 e. The van der Waals surface area contributed by atoms with E-state index in [-0.39, 0.29) is 12.3 Å². The Hall–Kier alpha value is -1.04. The molecule has 4 nitrogen and oxygen atoms in total. The van der Waals surface area contributed by atoms with Gasteiger partial charge in [-0.2, -0.15) is 0 Å². The number of piperidine rings is 1. The average molecular weight is 220 g/mol. The maximum atomic E-state index is 12.2. The van der Waals surface area contributed by atoms with Crippen molar-refractivity contribution < 1.29 is 18.4 Å². The molecule has 86 valence electrons. The van der Waals surface area contributed by atoms with Gasteiger partial charge in [0.15, 0.2) is 0 Å². The lowest BCUT2D eigenvalue weighted by Gasteiger charge is -2.30. The van der Waals surface area contributed by atoms with E-state index in [0.717, 1.165) is 4.90 Å². The molecule has 0 aliphatic carbocycles. The van der Waals surface area contributed by atoms with Crippen LogP contribution >= 0.6 is 0 Å². The van der Waals surface area contributed by atoms with Crippen molar-refractivity contribution in [1.82, 2.24) is 10.2 Å². The number of alkyl halides is 2. The molecule has 0 radical (unpaired) electrons. The summed E-state index contributed by atoms with van der Waals surface area (Å²) >= 11 is 0. The Kier molecular flexibility index (Phi) is 3.73. The van der Waals surface area contributed by atoms with Crippen molar-refractivity contribution in [2.75, 3.05) is 7.05 Å². The van der Waals surface area contributed by atoms with E-state index in [1.54, 1.807) is 0 Å². The lowest BCUT2D eigenvalue weighted by atomic mass is 10.0. The molecule has 15 heavy (non-hydrogen) atoms. The highest BCUT2D eigenvalue weighted by Gasteiger charge is 2.33. The molecule has 0 aromatic heterocycles. The van der Waals surface area contributed by atoms with E-state index in [1.165, 1.54) is 14.0 Å². The molecular weight excluding hydrogens is 206 g/mol. The number of likely N-dealkylation sites (tertiary alicyclic amines) is 1. The molecule has 0 aromatic carbocycles. The molecule has 1 fully saturated rings. The number of imide groups is 1. The van der Waals surface area contributed by atoms with Crippen molar-refractivity contribution in [3.05, 3.63) is 0 Å². The summed E-state index contributed by atoms with van der Waals surface area (Å²) in [4.78, 5) is 23.6. The van der Waals surface area contributed by atoms with Crippen LogP contribution in [0.5, 0.6) is 0 Å². The van der Waals surface area contributed by atoms with Crippen LogP contribution in [-0.2, 0) is 9.59 Å². The van der Waals surface area contributed by atoms with Gasteiger partial charge < -0.3 is 0 Å². The molecule has 2 amide bonds. The topological polar surface area (TPSA) is 49.4 Å². The van der Waals surface area contributed by atoms with Gasteiger partial charge in [-0.25, -0.2) is 8.78 Å². The SMILES string of the molecule is CC(NC1CCC(=O)N(C)C1=O)C(F)F. The Morgan fingerprint density at radius 2 is 2.07 bits per heavy atom. The number of hydrogen-bond acceptors (Lipinski definition) is 3. The van der Waals surface area contributed by atoms with Crippen LogP contribution in [0.3, 0.4) is 0 Å². The van der Waals surface area contributed by atoms with Gasteiger partial charge >= 0.3 is 0 Å². The summed E-state index contributed by atoms with van der Waals surface area (Å²) in [5.74, 6) is -0.693. The van der Waals surface area contributed by atoms with Crippen LogP contribution in [0.15, 0.2) is 0 Å². The third-order valence-electron chi connectivity index (χ3n) is 2.49. The molecule has 6 heteroatoms.